The first kappa shape index (κ1) is 20.9. The normalized spacial score (nSPS) is 17.2. The van der Waals surface area contributed by atoms with Crippen LogP contribution in [0, 0.1) is 0 Å². The Morgan fingerprint density at radius 2 is 1.94 bits per heavy atom. The van der Waals surface area contributed by atoms with Gasteiger partial charge >= 0.3 is 0 Å². The molecule has 2 aromatic heterocycles. The van der Waals surface area contributed by atoms with Gasteiger partial charge in [-0.15, -0.1) is 21.5 Å². The predicted octanol–water partition coefficient (Wildman–Crippen LogP) is 5.23. The number of carbonyl (C=O) groups excluding carboxylic acids is 1. The second kappa shape index (κ2) is 8.85. The van der Waals surface area contributed by atoms with Gasteiger partial charge in [-0.1, -0.05) is 23.7 Å². The Balaban J connectivity index is 1.26. The fourth-order valence-corrected chi connectivity index (χ4v) is 5.98. The number of likely N-dealkylation sites (tertiary alicyclic amines) is 1. The van der Waals surface area contributed by atoms with E-state index in [2.05, 4.69) is 31.8 Å². The Hall–Kier alpha value is -2.02. The zero-order valence-corrected chi connectivity index (χ0v) is 19.4. The molecular formula is C24H27ClN4OS. The first-order valence-corrected chi connectivity index (χ1v) is 12.3. The molecule has 4 heterocycles. The van der Waals surface area contributed by atoms with Crippen molar-refractivity contribution in [2.75, 3.05) is 19.6 Å². The molecule has 0 N–H and O–H groups in total. The van der Waals surface area contributed by atoms with Crippen LogP contribution in [-0.4, -0.2) is 45.1 Å². The van der Waals surface area contributed by atoms with Gasteiger partial charge in [0.1, 0.15) is 5.82 Å². The first-order valence-electron chi connectivity index (χ1n) is 11.1. The minimum absolute atomic E-state index is 0.135. The Morgan fingerprint density at radius 3 is 2.68 bits per heavy atom. The van der Waals surface area contributed by atoms with Crippen molar-refractivity contribution in [2.45, 2.75) is 51.5 Å². The van der Waals surface area contributed by atoms with Crippen molar-refractivity contribution in [1.82, 2.24) is 19.7 Å². The van der Waals surface area contributed by atoms with E-state index in [0.717, 1.165) is 85.4 Å². The average Bonchev–Trinajstić information content (AvgIpc) is 3.35. The van der Waals surface area contributed by atoms with E-state index in [1.807, 2.05) is 18.2 Å². The number of ketones is 1. The molecule has 3 aromatic rings. The largest absolute Gasteiger partial charge is 0.311 e. The fraction of sp³-hybridized carbons (Fsp3) is 0.458. The van der Waals surface area contributed by atoms with Crippen molar-refractivity contribution in [2.24, 2.45) is 0 Å². The van der Waals surface area contributed by atoms with Crippen LogP contribution in [0.25, 0.3) is 11.4 Å². The number of aromatic nitrogens is 3. The highest BCUT2D eigenvalue weighted by molar-refractivity contribution is 7.14. The Morgan fingerprint density at radius 1 is 1.16 bits per heavy atom. The van der Waals surface area contributed by atoms with Crippen LogP contribution in [0.2, 0.25) is 5.02 Å². The Kier molecular flexibility index (Phi) is 5.95. The van der Waals surface area contributed by atoms with Gasteiger partial charge in [0.05, 0.1) is 4.88 Å². The molecule has 7 heteroatoms. The second-order valence-electron chi connectivity index (χ2n) is 8.63. The number of fused-ring (bicyclic) bond motifs is 3. The average molecular weight is 455 g/mol. The highest BCUT2D eigenvalue weighted by atomic mass is 35.5. The number of piperidine rings is 1. The SMILES string of the molecule is CC(=O)c1cc2c(s1)CCCn1c-2nnc1C1CCN(CCc2ccc(Cl)cc2)CC1. The molecule has 2 aliphatic heterocycles. The number of rotatable bonds is 5. The van der Waals surface area contributed by atoms with Gasteiger partial charge in [0, 0.05) is 34.5 Å². The van der Waals surface area contributed by atoms with Crippen molar-refractivity contribution < 1.29 is 4.79 Å². The van der Waals surface area contributed by atoms with Crippen molar-refractivity contribution in [3.8, 4) is 11.4 Å². The molecule has 0 amide bonds. The minimum atomic E-state index is 0.135. The number of Topliss-reactive ketones (excluding diaryl/α,β-unsaturated/α-hetero) is 1. The first-order chi connectivity index (χ1) is 15.1. The number of hydrogen-bond donors (Lipinski definition) is 0. The molecular weight excluding hydrogens is 428 g/mol. The molecule has 5 rings (SSSR count). The highest BCUT2D eigenvalue weighted by Gasteiger charge is 2.29. The van der Waals surface area contributed by atoms with Crippen LogP contribution in [0.5, 0.6) is 0 Å². The summed E-state index contributed by atoms with van der Waals surface area (Å²) in [5.41, 5.74) is 2.46. The summed E-state index contributed by atoms with van der Waals surface area (Å²) in [6.45, 7) is 5.88. The molecule has 0 radical (unpaired) electrons. The lowest BCUT2D eigenvalue weighted by atomic mass is 9.95. The second-order valence-corrected chi connectivity index (χ2v) is 10.2. The van der Waals surface area contributed by atoms with Crippen LogP contribution in [0.4, 0.5) is 0 Å². The van der Waals surface area contributed by atoms with E-state index in [4.69, 9.17) is 11.6 Å². The van der Waals surface area contributed by atoms with Gasteiger partial charge in [-0.25, -0.2) is 0 Å². The molecule has 0 unspecified atom stereocenters. The van der Waals surface area contributed by atoms with Gasteiger partial charge in [0.25, 0.3) is 0 Å². The maximum absolute atomic E-state index is 11.9. The molecule has 31 heavy (non-hydrogen) atoms. The van der Waals surface area contributed by atoms with Gasteiger partial charge in [0.15, 0.2) is 11.6 Å². The monoisotopic (exact) mass is 454 g/mol. The standard InChI is InChI=1S/C24H27ClN4OS/c1-16(30)22-15-20-21(31-22)3-2-11-29-23(26-27-24(20)29)18-9-13-28(14-10-18)12-8-17-4-6-19(25)7-5-17/h4-7,15,18H,2-3,8-14H2,1H3. The molecule has 0 bridgehead atoms. The molecule has 1 fully saturated rings. The molecule has 2 aliphatic rings. The lowest BCUT2D eigenvalue weighted by Gasteiger charge is -2.31. The van der Waals surface area contributed by atoms with E-state index >= 15 is 0 Å². The van der Waals surface area contributed by atoms with Crippen LogP contribution >= 0.6 is 22.9 Å². The van der Waals surface area contributed by atoms with Crippen molar-refractivity contribution >= 4 is 28.7 Å². The molecule has 0 spiro atoms. The van der Waals surface area contributed by atoms with Gasteiger partial charge in [-0.3, -0.25) is 4.79 Å². The quantitative estimate of drug-likeness (QED) is 0.495. The predicted molar refractivity (Wildman–Crippen MR) is 125 cm³/mol. The van der Waals surface area contributed by atoms with E-state index in [1.54, 1.807) is 18.3 Å². The number of nitrogens with zero attached hydrogens (tertiary/aromatic N) is 4. The zero-order chi connectivity index (χ0) is 21.4. The maximum atomic E-state index is 11.9. The van der Waals surface area contributed by atoms with Crippen molar-refractivity contribution in [1.29, 1.82) is 0 Å². The van der Waals surface area contributed by atoms with Gasteiger partial charge in [-0.05, 0) is 75.9 Å². The summed E-state index contributed by atoms with van der Waals surface area (Å²) < 4.78 is 2.33. The molecule has 1 saturated heterocycles. The molecule has 162 valence electrons. The van der Waals surface area contributed by atoms with Crippen LogP contribution in [0.3, 0.4) is 0 Å². The van der Waals surface area contributed by atoms with Crippen LogP contribution in [-0.2, 0) is 19.4 Å². The summed E-state index contributed by atoms with van der Waals surface area (Å²) in [5, 5.41) is 10.0. The number of aryl methyl sites for hydroxylation is 1. The minimum Gasteiger partial charge on any atom is -0.311 e. The molecule has 0 atom stereocenters. The topological polar surface area (TPSA) is 51.0 Å². The number of thiophene rings is 1. The van der Waals surface area contributed by atoms with Crippen LogP contribution in [0.1, 0.15) is 58.0 Å². The van der Waals surface area contributed by atoms with E-state index in [0.29, 0.717) is 5.92 Å². The van der Waals surface area contributed by atoms with Crippen molar-refractivity contribution in [3.05, 3.63) is 56.5 Å². The summed E-state index contributed by atoms with van der Waals surface area (Å²) in [6.07, 6.45) is 5.38. The summed E-state index contributed by atoms with van der Waals surface area (Å²) in [4.78, 5) is 16.5. The van der Waals surface area contributed by atoms with Crippen LogP contribution in [0.15, 0.2) is 30.3 Å². The number of carbonyl (C=O) groups is 1. The number of halogens is 1. The van der Waals surface area contributed by atoms with E-state index in [9.17, 15) is 4.79 Å². The lowest BCUT2D eigenvalue weighted by Crippen LogP contribution is -2.35. The number of benzene rings is 1. The van der Waals surface area contributed by atoms with Gasteiger partial charge < -0.3 is 9.47 Å². The highest BCUT2D eigenvalue weighted by Crippen LogP contribution is 2.37. The van der Waals surface area contributed by atoms with E-state index in [-0.39, 0.29) is 5.78 Å². The molecule has 1 aromatic carbocycles. The third-order valence-corrected chi connectivity index (χ3v) is 8.09. The van der Waals surface area contributed by atoms with Gasteiger partial charge in [0.2, 0.25) is 0 Å². The smallest absolute Gasteiger partial charge is 0.169 e. The third kappa shape index (κ3) is 4.34. The maximum Gasteiger partial charge on any atom is 0.169 e. The Labute approximate surface area is 192 Å². The fourth-order valence-electron chi connectivity index (χ4n) is 4.76. The van der Waals surface area contributed by atoms with Gasteiger partial charge in [-0.2, -0.15) is 0 Å². The van der Waals surface area contributed by atoms with Crippen LogP contribution < -0.4 is 0 Å². The molecule has 0 saturated carbocycles. The lowest BCUT2D eigenvalue weighted by molar-refractivity contribution is 0.102. The molecule has 5 nitrogen and oxygen atoms in total. The summed E-state index contributed by atoms with van der Waals surface area (Å²) in [6, 6.07) is 10.2. The summed E-state index contributed by atoms with van der Waals surface area (Å²) >= 11 is 7.62. The molecule has 0 aliphatic carbocycles. The summed E-state index contributed by atoms with van der Waals surface area (Å²) in [7, 11) is 0. The third-order valence-electron chi connectivity index (χ3n) is 6.54. The Bertz CT molecular complexity index is 1080. The zero-order valence-electron chi connectivity index (χ0n) is 17.8. The van der Waals surface area contributed by atoms with Crippen molar-refractivity contribution in [3.63, 3.8) is 0 Å². The van der Waals surface area contributed by atoms with E-state index in [1.165, 1.54) is 10.4 Å². The number of hydrogen-bond acceptors (Lipinski definition) is 5. The van der Waals surface area contributed by atoms with E-state index < -0.39 is 0 Å². The summed E-state index contributed by atoms with van der Waals surface area (Å²) in [5.74, 6) is 2.68.